The molecule has 2 heteroatoms. The monoisotopic (exact) mass is 192 g/mol. The molecule has 1 unspecified atom stereocenters. The molecule has 0 aliphatic rings. The first-order valence-electron chi connectivity index (χ1n) is 4.39. The van der Waals surface area contributed by atoms with Crippen molar-refractivity contribution in [3.63, 3.8) is 0 Å². The SMILES string of the molecule is C=CCc1cc(F)ccc1C(O)C=C. The van der Waals surface area contributed by atoms with Crippen molar-refractivity contribution in [3.8, 4) is 0 Å². The largest absolute Gasteiger partial charge is 0.384 e. The molecule has 14 heavy (non-hydrogen) atoms. The number of halogens is 1. The summed E-state index contributed by atoms with van der Waals surface area (Å²) in [5.41, 5.74) is 1.42. The molecular formula is C12H13FO. The molecule has 1 aromatic carbocycles. The van der Waals surface area contributed by atoms with Crippen LogP contribution in [-0.2, 0) is 6.42 Å². The van der Waals surface area contributed by atoms with Crippen LogP contribution in [0.4, 0.5) is 4.39 Å². The van der Waals surface area contributed by atoms with Crippen LogP contribution < -0.4 is 0 Å². The van der Waals surface area contributed by atoms with Gasteiger partial charge in [-0.05, 0) is 29.7 Å². The van der Waals surface area contributed by atoms with Crippen molar-refractivity contribution in [1.29, 1.82) is 0 Å². The van der Waals surface area contributed by atoms with Gasteiger partial charge in [-0.3, -0.25) is 0 Å². The number of benzene rings is 1. The minimum absolute atomic E-state index is 0.304. The maximum Gasteiger partial charge on any atom is 0.123 e. The van der Waals surface area contributed by atoms with Gasteiger partial charge >= 0.3 is 0 Å². The lowest BCUT2D eigenvalue weighted by Gasteiger charge is -2.11. The van der Waals surface area contributed by atoms with Gasteiger partial charge in [0, 0.05) is 0 Å². The molecule has 0 fully saturated rings. The molecular weight excluding hydrogens is 179 g/mol. The van der Waals surface area contributed by atoms with E-state index in [2.05, 4.69) is 13.2 Å². The van der Waals surface area contributed by atoms with E-state index in [-0.39, 0.29) is 5.82 Å². The molecule has 0 aliphatic carbocycles. The van der Waals surface area contributed by atoms with Crippen molar-refractivity contribution < 1.29 is 9.50 Å². The predicted octanol–water partition coefficient (Wildman–Crippen LogP) is 2.77. The third-order valence-electron chi connectivity index (χ3n) is 2.01. The third-order valence-corrected chi connectivity index (χ3v) is 2.01. The second-order valence-corrected chi connectivity index (χ2v) is 3.02. The fraction of sp³-hybridized carbons (Fsp3) is 0.167. The van der Waals surface area contributed by atoms with Crippen molar-refractivity contribution >= 4 is 0 Å². The van der Waals surface area contributed by atoms with E-state index >= 15 is 0 Å². The second kappa shape index (κ2) is 4.72. The zero-order valence-electron chi connectivity index (χ0n) is 7.91. The van der Waals surface area contributed by atoms with E-state index in [4.69, 9.17) is 0 Å². The smallest absolute Gasteiger partial charge is 0.123 e. The molecule has 0 aliphatic heterocycles. The second-order valence-electron chi connectivity index (χ2n) is 3.02. The van der Waals surface area contributed by atoms with Crippen molar-refractivity contribution in [2.45, 2.75) is 12.5 Å². The molecule has 1 nitrogen and oxygen atoms in total. The molecule has 0 saturated heterocycles. The zero-order chi connectivity index (χ0) is 10.6. The molecule has 0 radical (unpaired) electrons. The first kappa shape index (κ1) is 10.7. The van der Waals surface area contributed by atoms with Crippen molar-refractivity contribution in [2.24, 2.45) is 0 Å². The van der Waals surface area contributed by atoms with Gasteiger partial charge in [-0.1, -0.05) is 18.2 Å². The van der Waals surface area contributed by atoms with E-state index in [1.54, 1.807) is 12.1 Å². The molecule has 1 N–H and O–H groups in total. The van der Waals surface area contributed by atoms with Crippen LogP contribution in [0.1, 0.15) is 17.2 Å². The molecule has 0 amide bonds. The van der Waals surface area contributed by atoms with E-state index in [1.165, 1.54) is 18.2 Å². The number of hydrogen-bond acceptors (Lipinski definition) is 1. The summed E-state index contributed by atoms with van der Waals surface area (Å²) >= 11 is 0. The third kappa shape index (κ3) is 2.30. The zero-order valence-corrected chi connectivity index (χ0v) is 7.91. The lowest BCUT2D eigenvalue weighted by molar-refractivity contribution is 0.228. The number of rotatable bonds is 4. The van der Waals surface area contributed by atoms with Gasteiger partial charge in [0.25, 0.3) is 0 Å². The average molecular weight is 192 g/mol. The standard InChI is InChI=1S/C12H13FO/c1-3-5-9-8-10(13)6-7-11(9)12(14)4-2/h3-4,6-8,12,14H,1-2,5H2. The van der Waals surface area contributed by atoms with E-state index in [9.17, 15) is 9.50 Å². The van der Waals surface area contributed by atoms with Gasteiger partial charge in [0.15, 0.2) is 0 Å². The van der Waals surface area contributed by atoms with Crippen LogP contribution in [-0.4, -0.2) is 5.11 Å². The van der Waals surface area contributed by atoms with Gasteiger partial charge in [0.1, 0.15) is 5.82 Å². The Bertz CT molecular complexity index is 344. The number of allylic oxidation sites excluding steroid dienone is 1. The fourth-order valence-electron chi connectivity index (χ4n) is 1.32. The minimum Gasteiger partial charge on any atom is -0.384 e. The predicted molar refractivity (Wildman–Crippen MR) is 55.5 cm³/mol. The van der Waals surface area contributed by atoms with Gasteiger partial charge in [0.05, 0.1) is 6.10 Å². The quantitative estimate of drug-likeness (QED) is 0.727. The van der Waals surface area contributed by atoms with Crippen LogP contribution in [0, 0.1) is 5.82 Å². The Morgan fingerprint density at radius 3 is 2.71 bits per heavy atom. The Balaban J connectivity index is 3.13. The van der Waals surface area contributed by atoms with Crippen LogP contribution in [0.25, 0.3) is 0 Å². The van der Waals surface area contributed by atoms with Crippen molar-refractivity contribution in [1.82, 2.24) is 0 Å². The van der Waals surface area contributed by atoms with Gasteiger partial charge in [0.2, 0.25) is 0 Å². The number of hydrogen-bond donors (Lipinski definition) is 1. The van der Waals surface area contributed by atoms with Crippen molar-refractivity contribution in [2.75, 3.05) is 0 Å². The Morgan fingerprint density at radius 1 is 1.43 bits per heavy atom. The number of aliphatic hydroxyl groups excluding tert-OH is 1. The molecule has 1 rings (SSSR count). The highest BCUT2D eigenvalue weighted by Crippen LogP contribution is 2.20. The van der Waals surface area contributed by atoms with Crippen LogP contribution >= 0.6 is 0 Å². The lowest BCUT2D eigenvalue weighted by Crippen LogP contribution is -1.99. The Labute approximate surface area is 83.2 Å². The highest BCUT2D eigenvalue weighted by Gasteiger charge is 2.08. The van der Waals surface area contributed by atoms with Gasteiger partial charge in [-0.15, -0.1) is 13.2 Å². The summed E-state index contributed by atoms with van der Waals surface area (Å²) in [6, 6.07) is 4.30. The number of aliphatic hydroxyl groups is 1. The van der Waals surface area contributed by atoms with Crippen LogP contribution in [0.2, 0.25) is 0 Å². The molecule has 1 aromatic rings. The summed E-state index contributed by atoms with van der Waals surface area (Å²) in [5.74, 6) is -0.304. The fourth-order valence-corrected chi connectivity index (χ4v) is 1.32. The van der Waals surface area contributed by atoms with E-state index in [0.29, 0.717) is 12.0 Å². The van der Waals surface area contributed by atoms with Crippen LogP contribution in [0.5, 0.6) is 0 Å². The van der Waals surface area contributed by atoms with Gasteiger partial charge in [-0.2, -0.15) is 0 Å². The highest BCUT2D eigenvalue weighted by atomic mass is 19.1. The summed E-state index contributed by atoms with van der Waals surface area (Å²) in [4.78, 5) is 0. The highest BCUT2D eigenvalue weighted by molar-refractivity contribution is 5.33. The van der Waals surface area contributed by atoms with E-state index in [0.717, 1.165) is 5.56 Å². The molecule has 1 atom stereocenters. The molecule has 0 bridgehead atoms. The van der Waals surface area contributed by atoms with E-state index < -0.39 is 6.10 Å². The Kier molecular flexibility index (Phi) is 3.60. The maximum absolute atomic E-state index is 12.9. The molecule has 0 heterocycles. The first-order valence-corrected chi connectivity index (χ1v) is 4.39. The van der Waals surface area contributed by atoms with Gasteiger partial charge in [-0.25, -0.2) is 4.39 Å². The summed E-state index contributed by atoms with van der Waals surface area (Å²) in [7, 11) is 0. The normalized spacial score (nSPS) is 12.1. The Morgan fingerprint density at radius 2 is 2.14 bits per heavy atom. The van der Waals surface area contributed by atoms with Gasteiger partial charge < -0.3 is 5.11 Å². The summed E-state index contributed by atoms with van der Waals surface area (Å²) < 4.78 is 12.9. The molecule has 0 aromatic heterocycles. The lowest BCUT2D eigenvalue weighted by atomic mass is 10.00. The molecule has 0 spiro atoms. The first-order chi connectivity index (χ1) is 6.69. The van der Waals surface area contributed by atoms with Crippen LogP contribution in [0.15, 0.2) is 43.5 Å². The summed E-state index contributed by atoms with van der Waals surface area (Å²) in [5, 5.41) is 9.55. The van der Waals surface area contributed by atoms with Crippen molar-refractivity contribution in [3.05, 3.63) is 60.5 Å². The topological polar surface area (TPSA) is 20.2 Å². The summed E-state index contributed by atoms with van der Waals surface area (Å²) in [6.45, 7) is 7.07. The summed E-state index contributed by atoms with van der Waals surface area (Å²) in [6.07, 6.45) is 2.89. The molecule has 74 valence electrons. The van der Waals surface area contributed by atoms with E-state index in [1.807, 2.05) is 0 Å². The molecule has 0 saturated carbocycles. The van der Waals surface area contributed by atoms with Crippen LogP contribution in [0.3, 0.4) is 0 Å². The minimum atomic E-state index is -0.745. The maximum atomic E-state index is 12.9. The Hall–Kier alpha value is -1.41. The average Bonchev–Trinajstić information content (AvgIpc) is 2.17.